The number of rotatable bonds is 4. The summed E-state index contributed by atoms with van der Waals surface area (Å²) >= 11 is 5.88. The van der Waals surface area contributed by atoms with Crippen LogP contribution < -0.4 is 0 Å². The van der Waals surface area contributed by atoms with Gasteiger partial charge in [0.15, 0.2) is 0 Å². The Kier molecular flexibility index (Phi) is 4.30. The van der Waals surface area contributed by atoms with Crippen LogP contribution in [0, 0.1) is 0 Å². The van der Waals surface area contributed by atoms with Gasteiger partial charge in [0.1, 0.15) is 5.69 Å². The lowest BCUT2D eigenvalue weighted by Crippen LogP contribution is -2.04. The first kappa shape index (κ1) is 13.3. The maximum atomic E-state index is 11.5. The standard InChI is InChI=1S/C13H12ClN3O2/c1-17-9-11(14)12(16-17)8-15-19-13(18)7-10-5-3-2-4-6-10/h2-6,8-9H,7H2,1H3. The van der Waals surface area contributed by atoms with Crippen molar-refractivity contribution in [1.29, 1.82) is 0 Å². The lowest BCUT2D eigenvalue weighted by molar-refractivity contribution is -0.142. The predicted molar refractivity (Wildman–Crippen MR) is 72.1 cm³/mol. The van der Waals surface area contributed by atoms with E-state index in [2.05, 4.69) is 10.3 Å². The highest BCUT2D eigenvalue weighted by Crippen LogP contribution is 2.10. The second-order valence-electron chi connectivity index (χ2n) is 3.90. The van der Waals surface area contributed by atoms with E-state index in [1.54, 1.807) is 17.9 Å². The number of aryl methyl sites for hydroxylation is 1. The minimum Gasteiger partial charge on any atom is -0.318 e. The zero-order valence-electron chi connectivity index (χ0n) is 10.3. The number of aromatic nitrogens is 2. The van der Waals surface area contributed by atoms with E-state index in [4.69, 9.17) is 16.4 Å². The molecule has 19 heavy (non-hydrogen) atoms. The molecule has 0 atom stereocenters. The van der Waals surface area contributed by atoms with E-state index >= 15 is 0 Å². The minimum atomic E-state index is -0.436. The third-order valence-electron chi connectivity index (χ3n) is 2.33. The second kappa shape index (κ2) is 6.15. The fourth-order valence-electron chi connectivity index (χ4n) is 1.49. The van der Waals surface area contributed by atoms with E-state index in [-0.39, 0.29) is 6.42 Å². The first-order chi connectivity index (χ1) is 9.15. The maximum Gasteiger partial charge on any atom is 0.339 e. The Morgan fingerprint density at radius 2 is 2.21 bits per heavy atom. The van der Waals surface area contributed by atoms with Gasteiger partial charge in [0, 0.05) is 13.2 Å². The SMILES string of the molecule is Cn1cc(Cl)c(C=NOC(=O)Cc2ccccc2)n1. The zero-order valence-corrected chi connectivity index (χ0v) is 11.0. The van der Waals surface area contributed by atoms with Crippen molar-refractivity contribution in [2.45, 2.75) is 6.42 Å². The van der Waals surface area contributed by atoms with Crippen molar-refractivity contribution >= 4 is 23.8 Å². The number of hydrogen-bond acceptors (Lipinski definition) is 4. The molecule has 1 aromatic heterocycles. The highest BCUT2D eigenvalue weighted by atomic mass is 35.5. The molecule has 5 nitrogen and oxygen atoms in total. The largest absolute Gasteiger partial charge is 0.339 e. The van der Waals surface area contributed by atoms with Crippen LogP contribution in [0.5, 0.6) is 0 Å². The fourth-order valence-corrected chi connectivity index (χ4v) is 1.72. The predicted octanol–water partition coefficient (Wildman–Crippen LogP) is 2.19. The lowest BCUT2D eigenvalue weighted by atomic mass is 10.2. The number of carbonyl (C=O) groups is 1. The summed E-state index contributed by atoms with van der Waals surface area (Å²) in [5, 5.41) is 8.06. The molecule has 0 bridgehead atoms. The Bertz CT molecular complexity index is 593. The molecular weight excluding hydrogens is 266 g/mol. The van der Waals surface area contributed by atoms with Crippen LogP contribution in [0.25, 0.3) is 0 Å². The van der Waals surface area contributed by atoms with Gasteiger partial charge in [-0.2, -0.15) is 5.10 Å². The molecule has 0 saturated carbocycles. The number of oxime groups is 1. The summed E-state index contributed by atoms with van der Waals surface area (Å²) in [6.07, 6.45) is 3.12. The monoisotopic (exact) mass is 277 g/mol. The smallest absolute Gasteiger partial charge is 0.318 e. The van der Waals surface area contributed by atoms with Crippen molar-refractivity contribution in [2.75, 3.05) is 0 Å². The highest BCUT2D eigenvalue weighted by Gasteiger charge is 2.05. The van der Waals surface area contributed by atoms with Crippen LogP contribution in [0.4, 0.5) is 0 Å². The maximum absolute atomic E-state index is 11.5. The van der Waals surface area contributed by atoms with Crippen LogP contribution >= 0.6 is 11.6 Å². The summed E-state index contributed by atoms with van der Waals surface area (Å²) in [7, 11) is 1.74. The molecule has 1 heterocycles. The van der Waals surface area contributed by atoms with Gasteiger partial charge < -0.3 is 4.84 Å². The first-order valence-electron chi connectivity index (χ1n) is 5.61. The quantitative estimate of drug-likeness (QED) is 0.489. The van der Waals surface area contributed by atoms with Crippen molar-refractivity contribution in [1.82, 2.24) is 9.78 Å². The first-order valence-corrected chi connectivity index (χ1v) is 5.99. The van der Waals surface area contributed by atoms with Crippen LogP contribution in [-0.2, 0) is 23.1 Å². The minimum absolute atomic E-state index is 0.175. The normalized spacial score (nSPS) is 10.8. The van der Waals surface area contributed by atoms with Gasteiger partial charge in [-0.05, 0) is 5.56 Å². The highest BCUT2D eigenvalue weighted by molar-refractivity contribution is 6.32. The molecule has 2 rings (SSSR count). The molecule has 0 radical (unpaired) electrons. The molecule has 6 heteroatoms. The summed E-state index contributed by atoms with van der Waals surface area (Å²) in [4.78, 5) is 16.2. The van der Waals surface area contributed by atoms with Crippen LogP contribution in [0.2, 0.25) is 5.02 Å². The van der Waals surface area contributed by atoms with Crippen LogP contribution in [0.1, 0.15) is 11.3 Å². The Morgan fingerprint density at radius 1 is 1.47 bits per heavy atom. The van der Waals surface area contributed by atoms with Gasteiger partial charge >= 0.3 is 5.97 Å². The van der Waals surface area contributed by atoms with Crippen LogP contribution in [-0.4, -0.2) is 22.0 Å². The van der Waals surface area contributed by atoms with Crippen molar-refractivity contribution in [3.8, 4) is 0 Å². The summed E-state index contributed by atoms with van der Waals surface area (Å²) < 4.78 is 1.55. The number of benzene rings is 1. The number of halogens is 1. The Labute approximate surface area is 115 Å². The van der Waals surface area contributed by atoms with Crippen molar-refractivity contribution in [3.63, 3.8) is 0 Å². The van der Waals surface area contributed by atoms with Gasteiger partial charge in [-0.15, -0.1) is 0 Å². The van der Waals surface area contributed by atoms with Crippen LogP contribution in [0.3, 0.4) is 0 Å². The van der Waals surface area contributed by atoms with Gasteiger partial charge in [0.2, 0.25) is 0 Å². The molecule has 0 spiro atoms. The van der Waals surface area contributed by atoms with Gasteiger partial charge in [-0.25, -0.2) is 4.79 Å². The van der Waals surface area contributed by atoms with E-state index in [0.29, 0.717) is 10.7 Å². The summed E-state index contributed by atoms with van der Waals surface area (Å²) in [5.41, 5.74) is 1.33. The Balaban J connectivity index is 1.88. The average Bonchev–Trinajstić information content (AvgIpc) is 2.69. The second-order valence-corrected chi connectivity index (χ2v) is 4.30. The van der Waals surface area contributed by atoms with Crippen molar-refractivity contribution in [2.24, 2.45) is 12.2 Å². The summed E-state index contributed by atoms with van der Waals surface area (Å²) in [6, 6.07) is 9.30. The van der Waals surface area contributed by atoms with Gasteiger partial charge in [0.25, 0.3) is 0 Å². The third kappa shape index (κ3) is 3.93. The molecule has 0 saturated heterocycles. The molecule has 0 unspecified atom stereocenters. The van der Waals surface area contributed by atoms with Crippen molar-refractivity contribution < 1.29 is 9.63 Å². The molecule has 0 aliphatic heterocycles. The van der Waals surface area contributed by atoms with Crippen molar-refractivity contribution in [3.05, 3.63) is 52.8 Å². The Morgan fingerprint density at radius 3 is 2.84 bits per heavy atom. The van der Waals surface area contributed by atoms with E-state index in [1.165, 1.54) is 6.21 Å². The molecule has 98 valence electrons. The van der Waals surface area contributed by atoms with Gasteiger partial charge in [-0.1, -0.05) is 47.1 Å². The molecule has 1 aromatic carbocycles. The topological polar surface area (TPSA) is 56.5 Å². The third-order valence-corrected chi connectivity index (χ3v) is 2.62. The molecule has 0 N–H and O–H groups in total. The average molecular weight is 278 g/mol. The number of hydrogen-bond donors (Lipinski definition) is 0. The van der Waals surface area contributed by atoms with Gasteiger partial charge in [-0.3, -0.25) is 4.68 Å². The Hall–Kier alpha value is -2.14. The van der Waals surface area contributed by atoms with Gasteiger partial charge in [0.05, 0.1) is 17.7 Å². The molecule has 0 aliphatic carbocycles. The zero-order chi connectivity index (χ0) is 13.7. The molecule has 2 aromatic rings. The molecular formula is C13H12ClN3O2. The fraction of sp³-hybridized carbons (Fsp3) is 0.154. The lowest BCUT2D eigenvalue weighted by Gasteiger charge is -1.97. The summed E-state index contributed by atoms with van der Waals surface area (Å²) in [5.74, 6) is -0.436. The van der Waals surface area contributed by atoms with E-state index in [1.807, 2.05) is 30.3 Å². The summed E-state index contributed by atoms with van der Waals surface area (Å²) in [6.45, 7) is 0. The van der Waals surface area contributed by atoms with E-state index in [9.17, 15) is 4.79 Å². The van der Waals surface area contributed by atoms with Crippen LogP contribution in [0.15, 0.2) is 41.7 Å². The molecule has 0 fully saturated rings. The van der Waals surface area contributed by atoms with E-state index in [0.717, 1.165) is 5.56 Å². The number of nitrogens with zero attached hydrogens (tertiary/aromatic N) is 3. The number of carbonyl (C=O) groups excluding carboxylic acids is 1. The molecule has 0 aliphatic rings. The van der Waals surface area contributed by atoms with E-state index < -0.39 is 5.97 Å². The molecule has 0 amide bonds.